The van der Waals surface area contributed by atoms with Gasteiger partial charge in [0, 0.05) is 24.3 Å². The molecule has 2 heterocycles. The normalized spacial score (nSPS) is 11.7. The lowest BCUT2D eigenvalue weighted by molar-refractivity contribution is -0.385. The highest BCUT2D eigenvalue weighted by Gasteiger charge is 2.28. The van der Waals surface area contributed by atoms with E-state index >= 15 is 0 Å². The molecule has 0 fully saturated rings. The van der Waals surface area contributed by atoms with E-state index in [1.165, 1.54) is 65.4 Å². The maximum absolute atomic E-state index is 12.5. The van der Waals surface area contributed by atoms with Crippen molar-refractivity contribution < 1.29 is 33.7 Å². The van der Waals surface area contributed by atoms with Crippen molar-refractivity contribution in [1.82, 2.24) is 30.0 Å². The molecular weight excluding hydrogens is 544 g/mol. The lowest BCUT2D eigenvalue weighted by Crippen LogP contribution is -2.13. The minimum absolute atomic E-state index is 0.0362. The van der Waals surface area contributed by atoms with Gasteiger partial charge in [0.1, 0.15) is 12.0 Å². The van der Waals surface area contributed by atoms with Crippen LogP contribution in [0.4, 0.5) is 11.4 Å². The molecule has 0 amide bonds. The highest BCUT2D eigenvalue weighted by Crippen LogP contribution is 2.26. The predicted octanol–water partition coefficient (Wildman–Crippen LogP) is 2.23. The van der Waals surface area contributed by atoms with E-state index < -0.39 is 27.7 Å². The van der Waals surface area contributed by atoms with Crippen LogP contribution in [0.1, 0.15) is 38.3 Å². The highest BCUT2D eigenvalue weighted by molar-refractivity contribution is 5.92. The van der Waals surface area contributed by atoms with Gasteiger partial charge >= 0.3 is 11.9 Å². The van der Waals surface area contributed by atoms with E-state index in [1.54, 1.807) is 0 Å². The largest absolute Gasteiger partial charge is 0.464 e. The van der Waals surface area contributed by atoms with Gasteiger partial charge in [-0.15, -0.1) is 10.2 Å². The van der Waals surface area contributed by atoms with Gasteiger partial charge < -0.3 is 14.3 Å². The highest BCUT2D eigenvalue weighted by atomic mass is 16.6. The van der Waals surface area contributed by atoms with Gasteiger partial charge in [-0.05, 0) is 30.3 Å². The van der Waals surface area contributed by atoms with Gasteiger partial charge in [-0.2, -0.15) is 0 Å². The second-order valence-electron chi connectivity index (χ2n) is 8.02. The Bertz CT molecular complexity index is 1670. The van der Waals surface area contributed by atoms with Crippen molar-refractivity contribution in [2.24, 2.45) is 0 Å². The zero-order valence-electron chi connectivity index (χ0n) is 21.2. The average molecular weight is 562 g/mol. The topological polar surface area (TPSA) is 217 Å². The maximum atomic E-state index is 12.5. The van der Waals surface area contributed by atoms with E-state index in [0.717, 1.165) is 18.9 Å². The van der Waals surface area contributed by atoms with Gasteiger partial charge in [-0.25, -0.2) is 19.0 Å². The third-order valence-corrected chi connectivity index (χ3v) is 5.70. The van der Waals surface area contributed by atoms with Gasteiger partial charge in [-0.1, -0.05) is 16.5 Å². The number of hydrogen-bond acceptors (Lipinski definition) is 13. The molecule has 41 heavy (non-hydrogen) atoms. The van der Waals surface area contributed by atoms with E-state index in [9.17, 15) is 34.6 Å². The summed E-state index contributed by atoms with van der Waals surface area (Å²) in [6.45, 7) is 0. The van der Waals surface area contributed by atoms with Crippen LogP contribution in [-0.2, 0) is 14.3 Å². The first kappa shape index (κ1) is 27.9. The molecule has 0 saturated heterocycles. The molecule has 0 aliphatic heterocycles. The lowest BCUT2D eigenvalue weighted by Gasteiger charge is -2.11. The molecule has 2 aromatic heterocycles. The molecule has 4 rings (SSSR count). The Kier molecular flexibility index (Phi) is 7.98. The predicted molar refractivity (Wildman–Crippen MR) is 137 cm³/mol. The summed E-state index contributed by atoms with van der Waals surface area (Å²) in [7, 11) is 2.24. The number of carbonyl (C=O) groups is 3. The van der Waals surface area contributed by atoms with Crippen LogP contribution in [0.5, 0.6) is 0 Å². The third-order valence-electron chi connectivity index (χ3n) is 5.70. The Morgan fingerprint density at radius 2 is 1.27 bits per heavy atom. The number of rotatable bonds is 10. The molecule has 1 unspecified atom stereocenters. The Hall–Kier alpha value is -6.13. The number of nitro benzene ring substituents is 2. The Balaban J connectivity index is 1.83. The first-order chi connectivity index (χ1) is 19.7. The molecule has 0 bridgehead atoms. The number of nitro groups is 2. The summed E-state index contributed by atoms with van der Waals surface area (Å²) < 4.78 is 11.9. The van der Waals surface area contributed by atoms with E-state index in [0.29, 0.717) is 12.0 Å². The quantitative estimate of drug-likeness (QED) is 0.117. The molecule has 0 N–H and O–H groups in total. The molecule has 0 aliphatic carbocycles. The summed E-state index contributed by atoms with van der Waals surface area (Å²) in [5, 5.41) is 37.6. The SMILES string of the molecule is COC(=O)c1nnn(-c2ccc([N+](=O)[O-])cc2)c1/C=C/C(C=O)c1c(C(=O)OC)nnn1-c1ccc([N+](=O)[O-])cc1. The maximum Gasteiger partial charge on any atom is 0.360 e. The Morgan fingerprint density at radius 1 is 0.805 bits per heavy atom. The van der Waals surface area contributed by atoms with Gasteiger partial charge in [-0.3, -0.25) is 20.2 Å². The van der Waals surface area contributed by atoms with Crippen LogP contribution in [0.25, 0.3) is 17.5 Å². The number of non-ortho nitro benzene ring substituents is 2. The fourth-order valence-corrected chi connectivity index (χ4v) is 3.72. The standard InChI is InChI=1S/C24H18N8O9/c1-40-23(34)20-19(29(27-25-20)15-4-8-17(9-5-15)31(36)37)12-3-14(13-33)22-21(24(35)41-2)26-28-30(22)16-6-10-18(11-7-16)32(38)39/h3-14H,1-2H3/b12-3+. The molecule has 0 radical (unpaired) electrons. The summed E-state index contributed by atoms with van der Waals surface area (Å²) in [6, 6.07) is 10.3. The molecule has 2 aromatic carbocycles. The van der Waals surface area contributed by atoms with Crippen LogP contribution in [0, 0.1) is 20.2 Å². The average Bonchev–Trinajstić information content (AvgIpc) is 3.62. The summed E-state index contributed by atoms with van der Waals surface area (Å²) in [6.07, 6.45) is 3.11. The second-order valence-corrected chi connectivity index (χ2v) is 8.02. The number of nitrogens with zero attached hydrogens (tertiary/aromatic N) is 8. The lowest BCUT2D eigenvalue weighted by atomic mass is 10.0. The number of allylic oxidation sites excluding steroid dienone is 1. The van der Waals surface area contributed by atoms with Gasteiger partial charge in [0.2, 0.25) is 0 Å². The second kappa shape index (κ2) is 11.7. The molecule has 4 aromatic rings. The van der Waals surface area contributed by atoms with Crippen molar-refractivity contribution in [2.45, 2.75) is 5.92 Å². The molecule has 17 nitrogen and oxygen atoms in total. The number of methoxy groups -OCH3 is 2. The van der Waals surface area contributed by atoms with Gasteiger partial charge in [0.15, 0.2) is 11.4 Å². The van der Waals surface area contributed by atoms with Crippen molar-refractivity contribution in [2.75, 3.05) is 14.2 Å². The van der Waals surface area contributed by atoms with E-state index in [1.807, 2.05) is 0 Å². The summed E-state index contributed by atoms with van der Waals surface area (Å²) in [5.41, 5.74) is -0.350. The van der Waals surface area contributed by atoms with E-state index in [-0.39, 0.29) is 39.8 Å². The van der Waals surface area contributed by atoms with Crippen molar-refractivity contribution >= 4 is 35.7 Å². The van der Waals surface area contributed by atoms with Crippen LogP contribution >= 0.6 is 0 Å². The number of hydrogen-bond donors (Lipinski definition) is 0. The number of ether oxygens (including phenoxy) is 2. The molecular formula is C24H18N8O9. The van der Waals surface area contributed by atoms with Crippen molar-refractivity contribution in [3.8, 4) is 11.4 Å². The number of aromatic nitrogens is 6. The van der Waals surface area contributed by atoms with Crippen LogP contribution < -0.4 is 0 Å². The van der Waals surface area contributed by atoms with Crippen LogP contribution in [0.2, 0.25) is 0 Å². The summed E-state index contributed by atoms with van der Waals surface area (Å²) in [4.78, 5) is 58.1. The molecule has 0 saturated carbocycles. The van der Waals surface area contributed by atoms with Gasteiger partial charge in [0.05, 0.1) is 47.1 Å². The number of esters is 2. The van der Waals surface area contributed by atoms with E-state index in [2.05, 4.69) is 20.6 Å². The Morgan fingerprint density at radius 3 is 1.76 bits per heavy atom. The van der Waals surface area contributed by atoms with Crippen LogP contribution in [0.3, 0.4) is 0 Å². The smallest absolute Gasteiger partial charge is 0.360 e. The minimum atomic E-state index is -1.22. The van der Waals surface area contributed by atoms with Crippen LogP contribution in [0.15, 0.2) is 54.6 Å². The first-order valence-corrected chi connectivity index (χ1v) is 11.4. The number of carbonyl (C=O) groups excluding carboxylic acids is 3. The van der Waals surface area contributed by atoms with Gasteiger partial charge in [0.25, 0.3) is 11.4 Å². The van der Waals surface area contributed by atoms with Crippen molar-refractivity contribution in [3.63, 3.8) is 0 Å². The monoisotopic (exact) mass is 562 g/mol. The third kappa shape index (κ3) is 5.53. The van der Waals surface area contributed by atoms with E-state index in [4.69, 9.17) is 9.47 Å². The number of aldehydes is 1. The molecule has 0 spiro atoms. The van der Waals surface area contributed by atoms with Crippen LogP contribution in [-0.4, -0.2) is 72.3 Å². The molecule has 1 atom stereocenters. The fraction of sp³-hybridized carbons (Fsp3) is 0.125. The number of benzene rings is 2. The zero-order valence-corrected chi connectivity index (χ0v) is 21.2. The van der Waals surface area contributed by atoms with Crippen molar-refractivity contribution in [1.29, 1.82) is 0 Å². The summed E-state index contributed by atoms with van der Waals surface area (Å²) in [5.74, 6) is -2.98. The molecule has 208 valence electrons. The van der Waals surface area contributed by atoms with Crippen molar-refractivity contribution in [3.05, 3.63) is 97.6 Å². The first-order valence-electron chi connectivity index (χ1n) is 11.4. The Labute approximate surface area is 228 Å². The fourth-order valence-electron chi connectivity index (χ4n) is 3.72. The molecule has 17 heteroatoms. The zero-order chi connectivity index (χ0) is 29.7. The summed E-state index contributed by atoms with van der Waals surface area (Å²) >= 11 is 0. The molecule has 0 aliphatic rings. The minimum Gasteiger partial charge on any atom is -0.464 e.